The maximum Gasteiger partial charge on any atom is 0.340 e. The molecule has 0 fully saturated rings. The first-order valence-electron chi connectivity index (χ1n) is 8.61. The maximum absolute atomic E-state index is 12.5. The summed E-state index contributed by atoms with van der Waals surface area (Å²) in [4.78, 5) is -0.105. The minimum atomic E-state index is -4.08. The van der Waals surface area contributed by atoms with Crippen LogP contribution < -0.4 is 14.7 Å². The Morgan fingerprint density at radius 3 is 2.48 bits per heavy atom. The van der Waals surface area contributed by atoms with Crippen molar-refractivity contribution in [1.82, 2.24) is 0 Å². The molecule has 0 atom stereocenters. The minimum absolute atomic E-state index is 0.0251. The first-order chi connectivity index (χ1) is 13.7. The Balaban J connectivity index is 1.79. The van der Waals surface area contributed by atoms with Crippen LogP contribution in [-0.4, -0.2) is 14.3 Å². The fourth-order valence-corrected chi connectivity index (χ4v) is 4.07. The van der Waals surface area contributed by atoms with Crippen molar-refractivity contribution in [3.05, 3.63) is 88.4 Å². The van der Waals surface area contributed by atoms with Crippen molar-refractivity contribution in [2.75, 3.05) is 0 Å². The van der Waals surface area contributed by atoms with Crippen LogP contribution in [0.25, 0.3) is 0 Å². The Bertz CT molecular complexity index is 1160. The molecular weight excluding hydrogens is 412 g/mol. The highest BCUT2D eigenvalue weighted by Gasteiger charge is 2.20. The zero-order valence-corrected chi connectivity index (χ0v) is 17.1. The summed E-state index contributed by atoms with van der Waals surface area (Å²) in [6.07, 6.45) is 0. The van der Waals surface area contributed by atoms with Crippen molar-refractivity contribution in [3.63, 3.8) is 0 Å². The van der Waals surface area contributed by atoms with Crippen LogP contribution in [0.2, 0.25) is 5.02 Å². The Labute approximate surface area is 174 Å². The van der Waals surface area contributed by atoms with Gasteiger partial charge in [-0.25, -0.2) is 0 Å². The second-order valence-corrected chi connectivity index (χ2v) is 8.27. The second kappa shape index (κ2) is 8.55. The van der Waals surface area contributed by atoms with E-state index in [0.717, 1.165) is 11.1 Å². The van der Waals surface area contributed by atoms with Crippen molar-refractivity contribution >= 4 is 27.6 Å². The molecule has 0 bridgehead atoms. The van der Waals surface area contributed by atoms with Gasteiger partial charge in [-0.15, -0.1) is 0 Å². The van der Waals surface area contributed by atoms with Gasteiger partial charge in [-0.2, -0.15) is 8.42 Å². The van der Waals surface area contributed by atoms with E-state index in [9.17, 15) is 8.42 Å². The van der Waals surface area contributed by atoms with Gasteiger partial charge in [-0.05, 0) is 48.4 Å². The maximum atomic E-state index is 12.5. The SMILES string of the molecule is Cc1cc(OCc2cccc(C(=N)N)c2)cc(OS(=O)(=O)c2ccccc2Cl)c1. The third-order valence-corrected chi connectivity index (χ3v) is 5.73. The normalized spacial score (nSPS) is 11.1. The van der Waals surface area contributed by atoms with E-state index in [4.69, 9.17) is 31.7 Å². The van der Waals surface area contributed by atoms with Crippen LogP contribution in [0.4, 0.5) is 0 Å². The smallest absolute Gasteiger partial charge is 0.340 e. The van der Waals surface area contributed by atoms with Gasteiger partial charge in [-0.3, -0.25) is 5.41 Å². The third kappa shape index (κ3) is 5.28. The summed E-state index contributed by atoms with van der Waals surface area (Å²) in [6.45, 7) is 2.03. The van der Waals surface area contributed by atoms with Gasteiger partial charge in [-0.1, -0.05) is 41.9 Å². The number of nitrogens with two attached hydrogens (primary N) is 1. The van der Waals surface area contributed by atoms with Gasteiger partial charge in [0.05, 0.1) is 5.02 Å². The fourth-order valence-electron chi connectivity index (χ4n) is 2.66. The monoisotopic (exact) mass is 430 g/mol. The molecule has 0 amide bonds. The van der Waals surface area contributed by atoms with E-state index >= 15 is 0 Å². The van der Waals surface area contributed by atoms with Gasteiger partial charge in [0.1, 0.15) is 28.8 Å². The van der Waals surface area contributed by atoms with Crippen molar-refractivity contribution < 1.29 is 17.3 Å². The molecule has 3 aromatic carbocycles. The van der Waals surface area contributed by atoms with Gasteiger partial charge in [0.15, 0.2) is 0 Å². The van der Waals surface area contributed by atoms with Gasteiger partial charge in [0, 0.05) is 11.6 Å². The molecule has 0 heterocycles. The molecular formula is C21H19ClN2O4S. The summed E-state index contributed by atoms with van der Waals surface area (Å²) in [5.41, 5.74) is 7.70. The van der Waals surface area contributed by atoms with Crippen molar-refractivity contribution in [2.24, 2.45) is 5.73 Å². The molecule has 0 aliphatic heterocycles. The van der Waals surface area contributed by atoms with Gasteiger partial charge >= 0.3 is 10.1 Å². The Hall–Kier alpha value is -3.03. The Morgan fingerprint density at radius 2 is 1.76 bits per heavy atom. The van der Waals surface area contributed by atoms with Crippen LogP contribution in [0.15, 0.2) is 71.6 Å². The molecule has 0 aromatic heterocycles. The molecule has 3 N–H and O–H groups in total. The number of rotatable bonds is 7. The van der Waals surface area contributed by atoms with E-state index < -0.39 is 10.1 Å². The van der Waals surface area contributed by atoms with Crippen LogP contribution in [0.5, 0.6) is 11.5 Å². The molecule has 0 aliphatic rings. The first kappa shape index (κ1) is 20.7. The molecule has 0 aliphatic carbocycles. The van der Waals surface area contributed by atoms with Crippen LogP contribution in [0.1, 0.15) is 16.7 Å². The number of nitrogen functional groups attached to an aromatic ring is 1. The van der Waals surface area contributed by atoms with E-state index in [2.05, 4.69) is 0 Å². The lowest BCUT2D eigenvalue weighted by atomic mass is 10.1. The molecule has 8 heteroatoms. The third-order valence-electron chi connectivity index (χ3n) is 3.98. The number of amidine groups is 1. The van der Waals surface area contributed by atoms with Gasteiger partial charge in [0.2, 0.25) is 0 Å². The highest BCUT2D eigenvalue weighted by Crippen LogP contribution is 2.28. The average Bonchev–Trinajstić information content (AvgIpc) is 2.66. The standard InChI is InChI=1S/C21H19ClN2O4S/c1-14-9-17(27-13-15-5-4-6-16(11-15)21(23)24)12-18(10-14)28-29(25,26)20-8-3-2-7-19(20)22/h2-12H,13H2,1H3,(H3,23,24). The summed E-state index contributed by atoms with van der Waals surface area (Å²) in [5.74, 6) is 0.544. The van der Waals surface area contributed by atoms with E-state index in [1.807, 2.05) is 6.07 Å². The van der Waals surface area contributed by atoms with Gasteiger partial charge < -0.3 is 14.7 Å². The van der Waals surface area contributed by atoms with Crippen molar-refractivity contribution in [2.45, 2.75) is 18.4 Å². The highest BCUT2D eigenvalue weighted by molar-refractivity contribution is 7.87. The van der Waals surface area contributed by atoms with E-state index in [-0.39, 0.29) is 28.1 Å². The number of hydrogen-bond acceptors (Lipinski definition) is 5. The minimum Gasteiger partial charge on any atom is -0.489 e. The first-order valence-corrected chi connectivity index (χ1v) is 10.4. The summed E-state index contributed by atoms with van der Waals surface area (Å²) in [7, 11) is -4.08. The largest absolute Gasteiger partial charge is 0.489 e. The lowest BCUT2D eigenvalue weighted by Gasteiger charge is -2.12. The van der Waals surface area contributed by atoms with Gasteiger partial charge in [0.25, 0.3) is 0 Å². The summed E-state index contributed by atoms with van der Waals surface area (Å²) in [5, 5.41) is 7.59. The second-order valence-electron chi connectivity index (χ2n) is 6.35. The molecule has 0 unspecified atom stereocenters. The number of benzene rings is 3. The van der Waals surface area contributed by atoms with Crippen LogP contribution in [0.3, 0.4) is 0 Å². The average molecular weight is 431 g/mol. The molecule has 150 valence electrons. The van der Waals surface area contributed by atoms with E-state index in [0.29, 0.717) is 11.3 Å². The molecule has 29 heavy (non-hydrogen) atoms. The van der Waals surface area contributed by atoms with Crippen LogP contribution in [0, 0.1) is 12.3 Å². The molecule has 0 radical (unpaired) electrons. The fraction of sp³-hybridized carbons (Fsp3) is 0.0952. The zero-order chi connectivity index (χ0) is 21.0. The van der Waals surface area contributed by atoms with E-state index in [1.54, 1.807) is 49.4 Å². The number of ether oxygens (including phenoxy) is 1. The molecule has 0 spiro atoms. The molecule has 0 saturated heterocycles. The Morgan fingerprint density at radius 1 is 1.03 bits per heavy atom. The lowest BCUT2D eigenvalue weighted by Crippen LogP contribution is -2.11. The summed E-state index contributed by atoms with van der Waals surface area (Å²) >= 11 is 5.98. The number of hydrogen-bond donors (Lipinski definition) is 2. The predicted octanol–water partition coefficient (Wildman–Crippen LogP) is 4.28. The molecule has 3 aromatic rings. The lowest BCUT2D eigenvalue weighted by molar-refractivity contribution is 0.305. The van der Waals surface area contributed by atoms with Crippen LogP contribution in [-0.2, 0) is 16.7 Å². The number of aryl methyl sites for hydroxylation is 1. The predicted molar refractivity (Wildman–Crippen MR) is 112 cm³/mol. The highest BCUT2D eigenvalue weighted by atomic mass is 35.5. The van der Waals surface area contributed by atoms with E-state index in [1.165, 1.54) is 18.2 Å². The number of halogens is 1. The van der Waals surface area contributed by atoms with Crippen molar-refractivity contribution in [1.29, 1.82) is 5.41 Å². The zero-order valence-electron chi connectivity index (χ0n) is 15.6. The molecule has 6 nitrogen and oxygen atoms in total. The number of nitrogens with one attached hydrogen (secondary N) is 1. The molecule has 0 saturated carbocycles. The summed E-state index contributed by atoms with van der Waals surface area (Å²) < 4.78 is 36.1. The Kier molecular flexibility index (Phi) is 6.10. The molecule has 3 rings (SSSR count). The topological polar surface area (TPSA) is 102 Å². The quantitative estimate of drug-likeness (QED) is 0.331. The van der Waals surface area contributed by atoms with Crippen LogP contribution >= 0.6 is 11.6 Å². The van der Waals surface area contributed by atoms with Crippen molar-refractivity contribution in [3.8, 4) is 11.5 Å². The summed E-state index contributed by atoms with van der Waals surface area (Å²) in [6, 6.07) is 18.1.